The highest BCUT2D eigenvalue weighted by molar-refractivity contribution is 6.19. The molecule has 0 saturated heterocycles. The Morgan fingerprint density at radius 2 is 0.471 bits per heavy atom. The number of aliphatic imine (C=N–C) groups is 1. The fourth-order valence-corrected chi connectivity index (χ4v) is 11.6. The van der Waals surface area contributed by atoms with Crippen molar-refractivity contribution in [1.29, 1.82) is 0 Å². The number of rotatable bonds is 6. The number of hydrogen-bond acceptors (Lipinski definition) is 4. The Hall–Kier alpha value is -12.3. The number of carbonyl (C=O) groups is 2. The van der Waals surface area contributed by atoms with E-state index in [2.05, 4.69) is 9.98 Å². The second-order valence-electron chi connectivity index (χ2n) is 21.8. The number of hydrogen-bond donors (Lipinski definition) is 4. The van der Waals surface area contributed by atoms with Crippen LogP contribution in [0.3, 0.4) is 0 Å². The molecule has 38 heteroatoms. The van der Waals surface area contributed by atoms with Gasteiger partial charge in [0, 0.05) is 67.2 Å². The molecule has 0 unspecified atom stereocenters. The highest BCUT2D eigenvalue weighted by atomic mass is 19.2. The van der Waals surface area contributed by atoms with Gasteiger partial charge in [0.25, 0.3) is 11.8 Å². The lowest BCUT2D eigenvalue weighted by Gasteiger charge is -2.12. The van der Waals surface area contributed by atoms with Crippen molar-refractivity contribution in [1.82, 2.24) is 15.0 Å². The van der Waals surface area contributed by atoms with E-state index in [1.807, 2.05) is 9.97 Å². The average Bonchev–Trinajstić information content (AvgIpc) is 1.46. The van der Waals surface area contributed by atoms with Gasteiger partial charge in [0.2, 0.25) is 34.9 Å². The van der Waals surface area contributed by atoms with Crippen LogP contribution in [-0.2, 0) is 0 Å². The third-order valence-electron chi connectivity index (χ3n) is 16.2. The number of fused-ring (bicyclic) bond motifs is 12. The monoisotopic (exact) mass is 1490 g/mol. The van der Waals surface area contributed by atoms with Crippen molar-refractivity contribution in [2.45, 2.75) is 0 Å². The molecule has 0 spiro atoms. The molecule has 8 nitrogen and oxygen atoms in total. The molecule has 0 aliphatic carbocycles. The topological polar surface area (TPSA) is 115 Å². The van der Waals surface area contributed by atoms with Crippen LogP contribution in [-0.4, -0.2) is 33.0 Å². The second-order valence-corrected chi connectivity index (χ2v) is 21.8. The van der Waals surface area contributed by atoms with E-state index in [9.17, 15) is 35.9 Å². The molecule has 0 atom stereocenters. The van der Waals surface area contributed by atoms with Crippen molar-refractivity contribution in [2.75, 3.05) is 10.6 Å². The molecule has 9 aromatic rings. The van der Waals surface area contributed by atoms with E-state index >= 15 is 105 Å². The molecule has 3 aromatic heterocycles. The standard InChI is InChI=1S/C66H14F30N6O2/c67-35-29(36(68)48(80)59(91)47(35)79)23-11-7-20(97-10-11)26(32-41(73)53(85)62(94)54(86)42(32)74)17-5-2-15(99-17)24(30-37(69)49(81)60(92)50(82)38(30)70)12-9-22(102-65(12)103)28(34-45(77)57(89)64(96)58(90)46(34)78)19-6-3-16(100-19)25(31-39(71)51(83)61(93)52(84)40(31)72)13-8-21(101-66(13)104)27(18-4-1-14(23)98-18)33-43(75)55(87)63(95)56(88)44(33)76/h1-10,99-100H,(H,101,104)(H,102,103). The first-order valence-electron chi connectivity index (χ1n) is 27.8. The van der Waals surface area contributed by atoms with Crippen molar-refractivity contribution in [2.24, 2.45) is 4.99 Å². The minimum atomic E-state index is -3.03. The second kappa shape index (κ2) is 24.8. The van der Waals surface area contributed by atoms with Gasteiger partial charge in [0.1, 0.15) is 0 Å². The third kappa shape index (κ3) is 10.2. The van der Waals surface area contributed by atoms with Crippen LogP contribution in [0, 0.1) is 175 Å². The summed E-state index contributed by atoms with van der Waals surface area (Å²) < 4.78 is 473. The fourth-order valence-electron chi connectivity index (χ4n) is 11.6. The average molecular weight is 1490 g/mol. The van der Waals surface area contributed by atoms with E-state index in [-0.39, 0.29) is 54.8 Å². The van der Waals surface area contributed by atoms with E-state index < -0.39 is 320 Å². The van der Waals surface area contributed by atoms with Gasteiger partial charge in [-0.25, -0.2) is 137 Å². The number of aromatic amines is 2. The summed E-state index contributed by atoms with van der Waals surface area (Å²) in [4.78, 5) is 40.6. The van der Waals surface area contributed by atoms with E-state index in [0.29, 0.717) is 6.07 Å². The fraction of sp³-hybridized carbons (Fsp3) is 0. The number of halogens is 30. The van der Waals surface area contributed by atoms with Crippen molar-refractivity contribution < 1.29 is 141 Å². The van der Waals surface area contributed by atoms with Crippen molar-refractivity contribution >= 4 is 69.3 Å². The SMILES string of the molecule is O=C1Nc2cc1c(-c1c(F)c(F)c(F)c(F)c1F)c1ccc([nH]1)c(-c1c(F)c(F)c(F)c(F)c1F)c1cc(c(-c3c(F)c(F)c(F)c(F)c3F)c3nc(c(-c4c(F)c(F)c(F)c(F)c4F)c4cc(c(-c5c(F)c(F)c(F)c(F)c5F)c5ccc([nH]5)c2-c2c(F)c(F)c(F)c(F)c2F)C(=O)N4)C=C3)C=N1. The zero-order valence-electron chi connectivity index (χ0n) is 48.8. The number of benzene rings is 6. The molecule has 4 N–H and O–H groups in total. The maximum absolute atomic E-state index is 16.5. The number of aromatic nitrogens is 3. The molecule has 0 fully saturated rings. The first-order chi connectivity index (χ1) is 48.9. The van der Waals surface area contributed by atoms with Crippen molar-refractivity contribution in [3.63, 3.8) is 0 Å². The maximum atomic E-state index is 16.5. The molecule has 0 saturated carbocycles. The van der Waals surface area contributed by atoms with Crippen LogP contribution in [0.4, 0.5) is 149 Å². The summed E-state index contributed by atoms with van der Waals surface area (Å²) in [6.07, 6.45) is 0.671. The zero-order chi connectivity index (χ0) is 75.6. The van der Waals surface area contributed by atoms with Gasteiger partial charge in [0.15, 0.2) is 140 Å². The Morgan fingerprint density at radius 1 is 0.240 bits per heavy atom. The van der Waals surface area contributed by atoms with Gasteiger partial charge in [-0.15, -0.1) is 0 Å². The first kappa shape index (κ1) is 70.2. The molecular formula is C66H14F30N6O2. The lowest BCUT2D eigenvalue weighted by atomic mass is 9.97. The molecule has 530 valence electrons. The Balaban J connectivity index is 1.36. The van der Waals surface area contributed by atoms with Gasteiger partial charge in [-0.1, -0.05) is 0 Å². The van der Waals surface area contributed by atoms with Gasteiger partial charge < -0.3 is 20.6 Å². The van der Waals surface area contributed by atoms with E-state index in [1.54, 1.807) is 10.6 Å². The molecule has 2 amide bonds. The normalized spacial score (nSPS) is 12.6. The van der Waals surface area contributed by atoms with E-state index in [0.717, 1.165) is 0 Å². The quantitative estimate of drug-likeness (QED) is 0.0755. The summed E-state index contributed by atoms with van der Waals surface area (Å²) in [5, 5.41) is 3.34. The zero-order valence-corrected chi connectivity index (χ0v) is 48.8. The summed E-state index contributed by atoms with van der Waals surface area (Å²) >= 11 is 0. The predicted molar refractivity (Wildman–Crippen MR) is 302 cm³/mol. The van der Waals surface area contributed by atoms with Gasteiger partial charge in [0.05, 0.1) is 73.0 Å². The van der Waals surface area contributed by atoms with E-state index in [4.69, 9.17) is 0 Å². The summed E-state index contributed by atoms with van der Waals surface area (Å²) in [5.41, 5.74) is -42.7. The molecule has 7 heterocycles. The van der Waals surface area contributed by atoms with Crippen LogP contribution < -0.4 is 10.6 Å². The van der Waals surface area contributed by atoms with Crippen LogP contribution in [0.15, 0.2) is 47.5 Å². The number of H-pyrrole nitrogens is 2. The first-order valence-corrected chi connectivity index (χ1v) is 27.8. The smallest absolute Gasteiger partial charge is 0.256 e. The molecule has 13 rings (SSSR count). The minimum Gasteiger partial charge on any atom is -0.354 e. The molecule has 0 radical (unpaired) electrons. The molecular weight excluding hydrogens is 1480 g/mol. The predicted octanol–water partition coefficient (Wildman–Crippen LogP) is 20.4. The third-order valence-corrected chi connectivity index (χ3v) is 16.2. The van der Waals surface area contributed by atoms with Crippen molar-refractivity contribution in [3.8, 4) is 66.8 Å². The Bertz CT molecular complexity index is 5830. The Morgan fingerprint density at radius 3 is 0.788 bits per heavy atom. The Kier molecular flexibility index (Phi) is 16.7. The maximum Gasteiger partial charge on any atom is 0.256 e. The van der Waals surface area contributed by atoms with Crippen LogP contribution in [0.1, 0.15) is 37.7 Å². The number of nitrogens with one attached hydrogen (secondary N) is 4. The lowest BCUT2D eigenvalue weighted by molar-refractivity contribution is 0.102. The molecule has 6 aromatic carbocycles. The van der Waals surface area contributed by atoms with Gasteiger partial charge in [-0.3, -0.25) is 14.6 Å². The van der Waals surface area contributed by atoms with Crippen LogP contribution in [0.5, 0.6) is 0 Å². The van der Waals surface area contributed by atoms with Gasteiger partial charge in [-0.05, 0) is 54.6 Å². The number of nitrogens with zero attached hydrogens (tertiary/aromatic N) is 2. The molecule has 4 aliphatic heterocycles. The highest BCUT2D eigenvalue weighted by Gasteiger charge is 2.40. The van der Waals surface area contributed by atoms with Crippen LogP contribution >= 0.6 is 0 Å². The summed E-state index contributed by atoms with van der Waals surface area (Å²) in [6, 6.07) is 1.12. The van der Waals surface area contributed by atoms with E-state index in [1.165, 1.54) is 0 Å². The van der Waals surface area contributed by atoms with Crippen molar-refractivity contribution in [3.05, 3.63) is 245 Å². The number of anilines is 2. The van der Waals surface area contributed by atoms with Gasteiger partial charge >= 0.3 is 0 Å². The van der Waals surface area contributed by atoms with Crippen LogP contribution in [0.2, 0.25) is 0 Å². The molecule has 4 aliphatic rings. The summed E-state index contributed by atoms with van der Waals surface area (Å²) in [7, 11) is 0. The van der Waals surface area contributed by atoms with Crippen LogP contribution in [0.25, 0.3) is 101 Å². The largest absolute Gasteiger partial charge is 0.354 e. The number of carbonyl (C=O) groups excluding carboxylic acids is 2. The summed E-state index contributed by atoms with van der Waals surface area (Å²) in [6.45, 7) is 0. The summed E-state index contributed by atoms with van der Waals surface area (Å²) in [5.74, 6) is -93.0. The minimum absolute atomic E-state index is 0.0264. The van der Waals surface area contributed by atoms with Gasteiger partial charge in [-0.2, -0.15) is 0 Å². The molecule has 12 bridgehead atoms. The number of amides is 2. The lowest BCUT2D eigenvalue weighted by Crippen LogP contribution is -2.11. The Labute approximate surface area is 551 Å². The highest BCUT2D eigenvalue weighted by Crippen LogP contribution is 2.50. The molecule has 104 heavy (non-hydrogen) atoms.